The topological polar surface area (TPSA) is 118 Å². The highest BCUT2D eigenvalue weighted by molar-refractivity contribution is 5.86. The van der Waals surface area contributed by atoms with E-state index in [0.717, 1.165) is 50.7 Å². The van der Waals surface area contributed by atoms with Gasteiger partial charge in [0.05, 0.1) is 0 Å². The molecule has 2 aromatic carbocycles. The normalized spacial score (nSPS) is 9.46. The lowest BCUT2D eigenvalue weighted by molar-refractivity contribution is -0.135. The van der Waals surface area contributed by atoms with E-state index in [9.17, 15) is 10.2 Å². The Hall–Kier alpha value is -2.51. The molecular weight excluding hydrogens is 386 g/mol. The Kier molecular flexibility index (Phi) is 14.4. The molecule has 0 saturated carbocycles. The van der Waals surface area contributed by atoms with Crippen molar-refractivity contribution in [1.29, 1.82) is 0 Å². The lowest BCUT2D eigenvalue weighted by atomic mass is 10.0. The van der Waals surface area contributed by atoms with Crippen LogP contribution in [-0.4, -0.2) is 56.9 Å². The molecule has 0 amide bonds. The van der Waals surface area contributed by atoms with Crippen molar-refractivity contribution in [1.82, 2.24) is 4.90 Å². The molecule has 0 unspecified atom stereocenters. The molecule has 0 radical (unpaired) electrons. The molecule has 158 valence electrons. The molecule has 0 aromatic heterocycles. The van der Waals surface area contributed by atoms with Crippen LogP contribution in [-0.2, 0) is 16.0 Å². The number of aromatic hydroxyl groups is 2. The minimum atomic E-state index is -0.833. The van der Waals surface area contributed by atoms with Gasteiger partial charge in [0.2, 0.25) is 0 Å². The van der Waals surface area contributed by atoms with E-state index in [1.54, 1.807) is 12.1 Å². The van der Waals surface area contributed by atoms with E-state index < -0.39 is 11.9 Å². The number of halogens is 1. The molecule has 7 nitrogen and oxygen atoms in total. The standard InChI is InChI=1S/C16H21NO2.2C2H4O2.ClH/c1-3-17(4-2)8-7-12-5-6-13-10-15(18)16(19)11-14(13)9-12;2*1-2(3)4;/h5-6,9-11,18-19H,3-4,7-8H2,1-2H3;2*1H3,(H,3,4);1H. The molecule has 0 saturated heterocycles. The second-order valence-corrected chi connectivity index (χ2v) is 5.84. The van der Waals surface area contributed by atoms with Crippen molar-refractivity contribution in [3.63, 3.8) is 0 Å². The van der Waals surface area contributed by atoms with Gasteiger partial charge in [0.15, 0.2) is 11.5 Å². The van der Waals surface area contributed by atoms with E-state index >= 15 is 0 Å². The molecule has 4 N–H and O–H groups in total. The SMILES string of the molecule is CC(=O)O.CC(=O)O.CCN(CC)CCc1ccc2cc(O)c(O)cc2c1.Cl. The van der Waals surface area contributed by atoms with E-state index in [4.69, 9.17) is 19.8 Å². The summed E-state index contributed by atoms with van der Waals surface area (Å²) >= 11 is 0. The number of phenols is 2. The van der Waals surface area contributed by atoms with Crippen LogP contribution < -0.4 is 0 Å². The van der Waals surface area contributed by atoms with Crippen molar-refractivity contribution >= 4 is 35.1 Å². The average molecular weight is 416 g/mol. The van der Waals surface area contributed by atoms with Gasteiger partial charge in [0.1, 0.15) is 0 Å². The Morgan fingerprint density at radius 2 is 1.29 bits per heavy atom. The third-order valence-electron chi connectivity index (χ3n) is 3.61. The van der Waals surface area contributed by atoms with Gasteiger partial charge in [-0.1, -0.05) is 32.0 Å². The molecule has 0 atom stereocenters. The Labute approximate surface area is 171 Å². The molecule has 0 bridgehead atoms. The number of aliphatic carboxylic acids is 2. The molecule has 0 heterocycles. The number of fused-ring (bicyclic) bond motifs is 1. The second kappa shape index (κ2) is 14.5. The smallest absolute Gasteiger partial charge is 0.300 e. The highest BCUT2D eigenvalue weighted by Crippen LogP contribution is 2.30. The van der Waals surface area contributed by atoms with Crippen molar-refractivity contribution in [2.45, 2.75) is 34.1 Å². The molecule has 2 rings (SSSR count). The highest BCUT2D eigenvalue weighted by Gasteiger charge is 2.04. The number of nitrogens with zero attached hydrogens (tertiary/aromatic N) is 1. The fourth-order valence-corrected chi connectivity index (χ4v) is 2.31. The van der Waals surface area contributed by atoms with Gasteiger partial charge in [0.25, 0.3) is 11.9 Å². The number of carbonyl (C=O) groups is 2. The molecule has 0 fully saturated rings. The Morgan fingerprint density at radius 3 is 1.71 bits per heavy atom. The number of benzene rings is 2. The van der Waals surface area contributed by atoms with Crippen LogP contribution in [0, 0.1) is 0 Å². The summed E-state index contributed by atoms with van der Waals surface area (Å²) < 4.78 is 0. The maximum absolute atomic E-state index is 9.54. The molecule has 0 aliphatic heterocycles. The number of likely N-dealkylation sites (N-methyl/N-ethyl adjacent to an activating group) is 1. The van der Waals surface area contributed by atoms with Crippen LogP contribution in [0.1, 0.15) is 33.3 Å². The summed E-state index contributed by atoms with van der Waals surface area (Å²) in [7, 11) is 0. The van der Waals surface area contributed by atoms with Crippen LogP contribution in [0.15, 0.2) is 30.3 Å². The van der Waals surface area contributed by atoms with Gasteiger partial charge in [0, 0.05) is 20.4 Å². The maximum Gasteiger partial charge on any atom is 0.300 e. The fraction of sp³-hybridized carbons (Fsp3) is 0.400. The molecule has 28 heavy (non-hydrogen) atoms. The Balaban J connectivity index is 0. The molecule has 0 aliphatic carbocycles. The van der Waals surface area contributed by atoms with Crippen LogP contribution in [0.4, 0.5) is 0 Å². The molecular formula is C20H30ClNO6. The van der Waals surface area contributed by atoms with Crippen molar-refractivity contribution in [2.75, 3.05) is 19.6 Å². The maximum atomic E-state index is 9.54. The van der Waals surface area contributed by atoms with Crippen molar-refractivity contribution < 1.29 is 30.0 Å². The predicted molar refractivity (Wildman–Crippen MR) is 113 cm³/mol. The van der Waals surface area contributed by atoms with Crippen LogP contribution in [0.2, 0.25) is 0 Å². The average Bonchev–Trinajstić information content (AvgIpc) is 2.56. The first-order valence-electron chi connectivity index (χ1n) is 8.66. The zero-order valence-corrected chi connectivity index (χ0v) is 17.5. The van der Waals surface area contributed by atoms with E-state index in [2.05, 4.69) is 30.9 Å². The first-order chi connectivity index (χ1) is 12.6. The van der Waals surface area contributed by atoms with Gasteiger partial charge >= 0.3 is 0 Å². The summed E-state index contributed by atoms with van der Waals surface area (Å²) in [6.07, 6.45) is 0.999. The first kappa shape index (κ1) is 27.7. The minimum Gasteiger partial charge on any atom is -0.504 e. The summed E-state index contributed by atoms with van der Waals surface area (Å²) in [6, 6.07) is 9.37. The van der Waals surface area contributed by atoms with E-state index in [1.165, 1.54) is 5.56 Å². The van der Waals surface area contributed by atoms with Crippen molar-refractivity contribution in [3.05, 3.63) is 35.9 Å². The first-order valence-corrected chi connectivity index (χ1v) is 8.66. The number of carboxylic acid groups (broad SMARTS) is 2. The number of phenolic OH excluding ortho intramolecular Hbond substituents is 2. The van der Waals surface area contributed by atoms with E-state index in [0.29, 0.717) is 0 Å². The number of rotatable bonds is 5. The molecule has 0 spiro atoms. The summed E-state index contributed by atoms with van der Waals surface area (Å²) in [6.45, 7) is 9.69. The fourth-order valence-electron chi connectivity index (χ4n) is 2.31. The largest absolute Gasteiger partial charge is 0.504 e. The Bertz CT molecular complexity index is 727. The predicted octanol–water partition coefficient (Wildman–Crippen LogP) is 3.74. The summed E-state index contributed by atoms with van der Waals surface area (Å²) in [5.74, 6) is -1.79. The lowest BCUT2D eigenvalue weighted by Crippen LogP contribution is -2.25. The highest BCUT2D eigenvalue weighted by atomic mass is 35.5. The quantitative estimate of drug-likeness (QED) is 0.549. The number of carboxylic acids is 2. The second-order valence-electron chi connectivity index (χ2n) is 5.84. The van der Waals surface area contributed by atoms with Crippen LogP contribution in [0.5, 0.6) is 11.5 Å². The van der Waals surface area contributed by atoms with E-state index in [1.807, 2.05) is 6.07 Å². The van der Waals surface area contributed by atoms with E-state index in [-0.39, 0.29) is 23.9 Å². The summed E-state index contributed by atoms with van der Waals surface area (Å²) in [5, 5.41) is 35.8. The van der Waals surface area contributed by atoms with Gasteiger partial charge in [-0.3, -0.25) is 9.59 Å². The summed E-state index contributed by atoms with van der Waals surface area (Å²) in [4.78, 5) is 20.4. The van der Waals surface area contributed by atoms with Gasteiger partial charge in [-0.25, -0.2) is 0 Å². The zero-order chi connectivity index (χ0) is 21.0. The van der Waals surface area contributed by atoms with Gasteiger partial charge < -0.3 is 25.3 Å². The number of hydrogen-bond acceptors (Lipinski definition) is 5. The summed E-state index contributed by atoms with van der Waals surface area (Å²) in [5.41, 5.74) is 1.25. The molecule has 8 heteroatoms. The third kappa shape index (κ3) is 12.0. The molecule has 2 aromatic rings. The van der Waals surface area contributed by atoms with Crippen molar-refractivity contribution in [3.8, 4) is 11.5 Å². The van der Waals surface area contributed by atoms with Crippen molar-refractivity contribution in [2.24, 2.45) is 0 Å². The van der Waals surface area contributed by atoms with Gasteiger partial charge in [-0.2, -0.15) is 0 Å². The zero-order valence-electron chi connectivity index (χ0n) is 16.7. The third-order valence-corrected chi connectivity index (χ3v) is 3.61. The van der Waals surface area contributed by atoms with Crippen LogP contribution in [0.25, 0.3) is 10.8 Å². The van der Waals surface area contributed by atoms with Crippen LogP contribution in [0.3, 0.4) is 0 Å². The minimum absolute atomic E-state index is 0. The number of hydrogen-bond donors (Lipinski definition) is 4. The van der Waals surface area contributed by atoms with Crippen LogP contribution >= 0.6 is 12.4 Å². The molecule has 0 aliphatic rings. The lowest BCUT2D eigenvalue weighted by Gasteiger charge is -2.17. The van der Waals surface area contributed by atoms with Gasteiger partial charge in [-0.15, -0.1) is 12.4 Å². The monoisotopic (exact) mass is 415 g/mol. The van der Waals surface area contributed by atoms with Gasteiger partial charge in [-0.05, 0) is 48.0 Å². The Morgan fingerprint density at radius 1 is 0.857 bits per heavy atom.